The molecule has 0 aliphatic heterocycles. The number of hydrogen-bond acceptors (Lipinski definition) is 2. The summed E-state index contributed by atoms with van der Waals surface area (Å²) in [7, 11) is 0. The maximum atomic E-state index is 4.33. The van der Waals surface area contributed by atoms with Crippen molar-refractivity contribution in [1.82, 2.24) is 15.0 Å². The summed E-state index contributed by atoms with van der Waals surface area (Å²) in [4.78, 5) is 11.9. The summed E-state index contributed by atoms with van der Waals surface area (Å²) in [6, 6.07) is 2.05. The fourth-order valence-corrected chi connectivity index (χ4v) is 1.58. The zero-order valence-corrected chi connectivity index (χ0v) is 10.0. The monoisotopic (exact) mass is 253 g/mol. The number of fused-ring (bicyclic) bond motifs is 1. The quantitative estimate of drug-likeness (QED) is 0.785. The highest BCUT2D eigenvalue weighted by atomic mass is 79.9. The van der Waals surface area contributed by atoms with E-state index in [0.717, 1.165) is 21.5 Å². The van der Waals surface area contributed by atoms with Crippen molar-refractivity contribution in [3.8, 4) is 0 Å². The molecule has 1 N–H and O–H groups in total. The van der Waals surface area contributed by atoms with Gasteiger partial charge in [0, 0.05) is 11.1 Å². The van der Waals surface area contributed by atoms with Gasteiger partial charge in [0.05, 0.1) is 6.20 Å². The lowest BCUT2D eigenvalue weighted by Gasteiger charge is -2.15. The Morgan fingerprint density at radius 1 is 1.36 bits per heavy atom. The molecule has 2 aromatic rings. The van der Waals surface area contributed by atoms with Gasteiger partial charge in [0.1, 0.15) is 10.1 Å². The molecule has 0 fully saturated rings. The van der Waals surface area contributed by atoms with Crippen molar-refractivity contribution in [3.05, 3.63) is 22.6 Å². The third kappa shape index (κ3) is 1.66. The van der Waals surface area contributed by atoms with Gasteiger partial charge in [-0.2, -0.15) is 0 Å². The maximum Gasteiger partial charge on any atom is 0.156 e. The molecule has 0 saturated heterocycles. The van der Waals surface area contributed by atoms with E-state index >= 15 is 0 Å². The summed E-state index contributed by atoms with van der Waals surface area (Å²) in [6.07, 6.45) is 1.70. The van der Waals surface area contributed by atoms with Gasteiger partial charge in [-0.3, -0.25) is 0 Å². The highest BCUT2D eigenvalue weighted by molar-refractivity contribution is 9.10. The van der Waals surface area contributed by atoms with Crippen molar-refractivity contribution in [3.63, 3.8) is 0 Å². The molecule has 0 spiro atoms. The van der Waals surface area contributed by atoms with E-state index < -0.39 is 0 Å². The third-order valence-corrected chi connectivity index (χ3v) is 2.49. The molecule has 0 aliphatic rings. The smallest absolute Gasteiger partial charge is 0.156 e. The molecular weight excluding hydrogens is 242 g/mol. The number of aromatic nitrogens is 3. The highest BCUT2D eigenvalue weighted by Gasteiger charge is 2.16. The predicted molar refractivity (Wildman–Crippen MR) is 60.3 cm³/mol. The van der Waals surface area contributed by atoms with Gasteiger partial charge in [0.25, 0.3) is 0 Å². The van der Waals surface area contributed by atoms with Crippen molar-refractivity contribution in [1.29, 1.82) is 0 Å². The molecule has 0 amide bonds. The second-order valence-electron chi connectivity index (χ2n) is 4.36. The van der Waals surface area contributed by atoms with Crippen LogP contribution >= 0.6 is 15.9 Å². The number of aromatic amines is 1. The van der Waals surface area contributed by atoms with Crippen LogP contribution in [0.2, 0.25) is 0 Å². The summed E-state index contributed by atoms with van der Waals surface area (Å²) in [5.41, 5.74) is 3.02. The van der Waals surface area contributed by atoms with Crippen LogP contribution in [0.25, 0.3) is 11.2 Å². The van der Waals surface area contributed by atoms with Crippen molar-refractivity contribution >= 4 is 27.1 Å². The van der Waals surface area contributed by atoms with Crippen molar-refractivity contribution < 1.29 is 0 Å². The fourth-order valence-electron chi connectivity index (χ4n) is 1.28. The molecule has 2 heterocycles. The minimum absolute atomic E-state index is 0.106. The van der Waals surface area contributed by atoms with E-state index in [9.17, 15) is 0 Å². The van der Waals surface area contributed by atoms with Crippen LogP contribution in [-0.4, -0.2) is 15.0 Å². The number of rotatable bonds is 0. The Balaban J connectivity index is 2.63. The van der Waals surface area contributed by atoms with E-state index in [-0.39, 0.29) is 5.41 Å². The molecule has 14 heavy (non-hydrogen) atoms. The molecule has 0 saturated carbocycles. The van der Waals surface area contributed by atoms with E-state index in [1.807, 2.05) is 6.07 Å². The molecule has 0 unspecified atom stereocenters. The second-order valence-corrected chi connectivity index (χ2v) is 5.17. The van der Waals surface area contributed by atoms with Gasteiger partial charge in [-0.1, -0.05) is 20.8 Å². The first-order valence-electron chi connectivity index (χ1n) is 4.48. The van der Waals surface area contributed by atoms with Crippen LogP contribution in [-0.2, 0) is 5.41 Å². The zero-order chi connectivity index (χ0) is 10.3. The van der Waals surface area contributed by atoms with Crippen LogP contribution in [0.5, 0.6) is 0 Å². The first kappa shape index (κ1) is 9.65. The minimum atomic E-state index is 0.106. The minimum Gasteiger partial charge on any atom is -0.341 e. The molecule has 0 aliphatic carbocycles. The second kappa shape index (κ2) is 3.05. The molecule has 0 radical (unpaired) electrons. The van der Waals surface area contributed by atoms with Gasteiger partial charge >= 0.3 is 0 Å². The number of nitrogens with zero attached hydrogens (tertiary/aromatic N) is 2. The van der Waals surface area contributed by atoms with E-state index in [1.54, 1.807) is 6.20 Å². The lowest BCUT2D eigenvalue weighted by Crippen LogP contribution is -2.11. The topological polar surface area (TPSA) is 41.6 Å². The van der Waals surface area contributed by atoms with Gasteiger partial charge < -0.3 is 4.98 Å². The normalized spacial score (nSPS) is 12.3. The van der Waals surface area contributed by atoms with Crippen molar-refractivity contribution in [2.24, 2.45) is 0 Å². The Bertz CT molecular complexity index is 468. The van der Waals surface area contributed by atoms with Crippen LogP contribution < -0.4 is 0 Å². The van der Waals surface area contributed by atoms with E-state index in [1.165, 1.54) is 0 Å². The third-order valence-electron chi connectivity index (χ3n) is 2.11. The summed E-state index contributed by atoms with van der Waals surface area (Å²) in [6.45, 7) is 6.48. The standard InChI is InChI=1S/C10H12BrN3/c1-10(2,3)7-4-6-9(14-7)12-5-8(11)13-6/h4-5H,1-3H3,(H,12,14). The zero-order valence-electron chi connectivity index (χ0n) is 8.43. The summed E-state index contributed by atoms with van der Waals surface area (Å²) in [5, 5.41) is 0. The lowest BCUT2D eigenvalue weighted by molar-refractivity contribution is 0.574. The van der Waals surface area contributed by atoms with Crippen molar-refractivity contribution in [2.45, 2.75) is 26.2 Å². The molecule has 0 bridgehead atoms. The Morgan fingerprint density at radius 2 is 2.07 bits per heavy atom. The summed E-state index contributed by atoms with van der Waals surface area (Å²) >= 11 is 3.30. The van der Waals surface area contributed by atoms with Gasteiger partial charge in [0.15, 0.2) is 5.65 Å². The highest BCUT2D eigenvalue weighted by Crippen LogP contribution is 2.24. The predicted octanol–water partition coefficient (Wildman–Crippen LogP) is 3.02. The van der Waals surface area contributed by atoms with Gasteiger partial charge in [-0.15, -0.1) is 0 Å². The average molecular weight is 254 g/mol. The molecule has 3 nitrogen and oxygen atoms in total. The molecule has 0 aromatic carbocycles. The first-order chi connectivity index (χ1) is 6.47. The van der Waals surface area contributed by atoms with Gasteiger partial charge in [-0.25, -0.2) is 9.97 Å². The number of hydrogen-bond donors (Lipinski definition) is 1. The summed E-state index contributed by atoms with van der Waals surface area (Å²) in [5.74, 6) is 0. The van der Waals surface area contributed by atoms with Crippen LogP contribution in [0.4, 0.5) is 0 Å². The SMILES string of the molecule is CC(C)(C)c1cc2nc(Br)cnc2[nH]1. The Labute approximate surface area is 91.1 Å². The molecular formula is C10H12BrN3. The molecule has 2 aromatic heterocycles. The molecule has 0 atom stereocenters. The van der Waals surface area contributed by atoms with Gasteiger partial charge in [0.2, 0.25) is 0 Å². The first-order valence-corrected chi connectivity index (χ1v) is 5.28. The molecule has 74 valence electrons. The summed E-state index contributed by atoms with van der Waals surface area (Å²) < 4.78 is 0.768. The Morgan fingerprint density at radius 3 is 2.71 bits per heavy atom. The van der Waals surface area contributed by atoms with Crippen molar-refractivity contribution in [2.75, 3.05) is 0 Å². The molecule has 2 rings (SSSR count). The van der Waals surface area contributed by atoms with Crippen LogP contribution in [0, 0.1) is 0 Å². The largest absolute Gasteiger partial charge is 0.341 e. The number of H-pyrrole nitrogens is 1. The fraction of sp³-hybridized carbons (Fsp3) is 0.400. The van der Waals surface area contributed by atoms with Crippen LogP contribution in [0.1, 0.15) is 26.5 Å². The maximum absolute atomic E-state index is 4.33. The van der Waals surface area contributed by atoms with Gasteiger partial charge in [-0.05, 0) is 22.0 Å². The Kier molecular flexibility index (Phi) is 2.10. The molecule has 4 heteroatoms. The Hall–Kier alpha value is -0.900. The van der Waals surface area contributed by atoms with E-state index in [2.05, 4.69) is 51.7 Å². The number of halogens is 1. The van der Waals surface area contributed by atoms with E-state index in [4.69, 9.17) is 0 Å². The number of nitrogens with one attached hydrogen (secondary N) is 1. The van der Waals surface area contributed by atoms with Crippen LogP contribution in [0.3, 0.4) is 0 Å². The van der Waals surface area contributed by atoms with Crippen LogP contribution in [0.15, 0.2) is 16.9 Å². The lowest BCUT2D eigenvalue weighted by atomic mass is 9.93. The van der Waals surface area contributed by atoms with E-state index in [0.29, 0.717) is 0 Å². The average Bonchev–Trinajstić information content (AvgIpc) is 2.45.